The number of aliphatic hydroxyl groups excluding tert-OH is 1. The Balaban J connectivity index is 1.84. The van der Waals surface area contributed by atoms with Crippen LogP contribution in [0, 0.1) is 11.3 Å². The van der Waals surface area contributed by atoms with Crippen LogP contribution in [-0.4, -0.2) is 118 Å². The summed E-state index contributed by atoms with van der Waals surface area (Å²) >= 11 is 6.04. The van der Waals surface area contributed by atoms with Gasteiger partial charge in [-0.2, -0.15) is 5.26 Å². The predicted octanol–water partition coefficient (Wildman–Crippen LogP) is 5.10. The van der Waals surface area contributed by atoms with Crippen molar-refractivity contribution in [3.63, 3.8) is 0 Å². The van der Waals surface area contributed by atoms with Crippen LogP contribution in [0.2, 0.25) is 5.02 Å². The van der Waals surface area contributed by atoms with Crippen molar-refractivity contribution in [2.45, 2.75) is 162 Å². The van der Waals surface area contributed by atoms with Gasteiger partial charge in [-0.1, -0.05) is 35.9 Å². The van der Waals surface area contributed by atoms with Gasteiger partial charge in [-0.15, -0.1) is 0 Å². The van der Waals surface area contributed by atoms with Crippen LogP contribution in [0.15, 0.2) is 59.1 Å². The van der Waals surface area contributed by atoms with Crippen LogP contribution < -0.4 is 37.2 Å². The summed E-state index contributed by atoms with van der Waals surface area (Å²) in [6.07, 6.45) is -2.18. The first-order valence-corrected chi connectivity index (χ1v) is 23.9. The Morgan fingerprint density at radius 3 is 1.79 bits per heavy atom. The van der Waals surface area contributed by atoms with Crippen LogP contribution in [0.25, 0.3) is 11.1 Å². The molecule has 22 heteroatoms. The average Bonchev–Trinajstić information content (AvgIpc) is 3.76. The molecule has 0 saturated heterocycles. The first-order valence-electron chi connectivity index (χ1n) is 23.5. The van der Waals surface area contributed by atoms with Gasteiger partial charge in [-0.05, 0) is 138 Å². The summed E-state index contributed by atoms with van der Waals surface area (Å²) in [6.45, 7) is 19.4. The standard InChI is InChI=1S/C50H70ClN9O12/c1-28(39(61)45-54-26-35(25-52)69-45)56-42(64)36(15-13-14-24-53-46(67)71-49(7,8)9)58-40(62)29(2)57-44(66)38(30(3)70-48(4,5)6)60-43(65)37(27-55-47(68)72-50(10,11)12)59-41(63)33-18-16-31(17-19-33)32-20-22-34(51)23-21-32/h16-23,26,28-30,36-39,61H,13-15,24,27H2,1-12H3,(H,53,67)(H,55,68)(H,56,64)(H,57,66)(H,58,62)(H,59,63)(H,60,65). The average molecular weight is 1020 g/mol. The molecule has 0 aliphatic carbocycles. The molecule has 8 N–H and O–H groups in total. The number of aromatic nitrogens is 1. The predicted molar refractivity (Wildman–Crippen MR) is 266 cm³/mol. The van der Waals surface area contributed by atoms with E-state index in [4.69, 9.17) is 35.5 Å². The first-order chi connectivity index (χ1) is 33.4. The summed E-state index contributed by atoms with van der Waals surface area (Å²) in [4.78, 5) is 98.5. The molecule has 0 aliphatic heterocycles. The third-order valence-corrected chi connectivity index (χ3v) is 10.3. The molecule has 72 heavy (non-hydrogen) atoms. The molecule has 7 amide bonds. The molecule has 0 fully saturated rings. The third-order valence-electron chi connectivity index (χ3n) is 10.1. The van der Waals surface area contributed by atoms with Gasteiger partial charge in [0.2, 0.25) is 35.3 Å². The second-order valence-electron chi connectivity index (χ2n) is 20.0. The van der Waals surface area contributed by atoms with Gasteiger partial charge >= 0.3 is 12.2 Å². The highest BCUT2D eigenvalue weighted by molar-refractivity contribution is 6.30. The molecule has 0 spiro atoms. The van der Waals surface area contributed by atoms with Gasteiger partial charge in [0, 0.05) is 17.1 Å². The largest absolute Gasteiger partial charge is 0.444 e. The zero-order valence-electron chi connectivity index (χ0n) is 43.0. The summed E-state index contributed by atoms with van der Waals surface area (Å²) in [6, 6.07) is 8.88. The number of nitrogens with one attached hydrogen (secondary N) is 7. The van der Waals surface area contributed by atoms with Gasteiger partial charge in [-0.3, -0.25) is 24.0 Å². The summed E-state index contributed by atoms with van der Waals surface area (Å²) in [5.74, 6) is -4.35. The highest BCUT2D eigenvalue weighted by atomic mass is 35.5. The molecule has 0 aliphatic rings. The lowest BCUT2D eigenvalue weighted by Crippen LogP contribution is -2.62. The Labute approximate surface area is 425 Å². The van der Waals surface area contributed by atoms with E-state index in [1.807, 2.05) is 12.1 Å². The number of hydrogen-bond donors (Lipinski definition) is 8. The minimum Gasteiger partial charge on any atom is -0.444 e. The highest BCUT2D eigenvalue weighted by Crippen LogP contribution is 2.23. The van der Waals surface area contributed by atoms with Crippen molar-refractivity contribution >= 4 is 53.3 Å². The van der Waals surface area contributed by atoms with Crippen molar-refractivity contribution in [3.05, 3.63) is 77.0 Å². The SMILES string of the molecule is CC(NC(=O)C(NC(=O)C(CNC(=O)OC(C)(C)C)NC(=O)c1ccc(-c2ccc(Cl)cc2)cc1)C(C)OC(C)(C)C)C(=O)NC(CCCCNC(=O)OC(C)(C)C)C(=O)NC(C)C(O)c1ncc(C#N)o1. The number of amides is 7. The van der Waals surface area contributed by atoms with Gasteiger partial charge in [0.1, 0.15) is 47.5 Å². The molecule has 3 rings (SSSR count). The van der Waals surface area contributed by atoms with E-state index in [-0.39, 0.29) is 30.2 Å². The minimum atomic E-state index is -1.50. The van der Waals surface area contributed by atoms with Gasteiger partial charge in [-0.25, -0.2) is 14.6 Å². The van der Waals surface area contributed by atoms with Crippen molar-refractivity contribution in [2.75, 3.05) is 13.1 Å². The molecule has 0 radical (unpaired) electrons. The van der Waals surface area contributed by atoms with E-state index in [0.29, 0.717) is 17.9 Å². The van der Waals surface area contributed by atoms with E-state index >= 15 is 0 Å². The van der Waals surface area contributed by atoms with Crippen LogP contribution >= 0.6 is 11.6 Å². The van der Waals surface area contributed by atoms with Crippen LogP contribution in [0.5, 0.6) is 0 Å². The third kappa shape index (κ3) is 20.9. The number of halogens is 1. The van der Waals surface area contributed by atoms with Crippen LogP contribution in [0.4, 0.5) is 9.59 Å². The maximum atomic E-state index is 14.2. The number of rotatable bonds is 22. The van der Waals surface area contributed by atoms with Gasteiger partial charge < -0.3 is 61.0 Å². The zero-order valence-corrected chi connectivity index (χ0v) is 43.7. The smallest absolute Gasteiger partial charge is 0.407 e. The number of hydrogen-bond acceptors (Lipinski definition) is 14. The van der Waals surface area contributed by atoms with Crippen LogP contribution in [-0.2, 0) is 33.4 Å². The fourth-order valence-corrected chi connectivity index (χ4v) is 6.81. The maximum absolute atomic E-state index is 14.2. The molecule has 0 saturated carbocycles. The van der Waals surface area contributed by atoms with Crippen molar-refractivity contribution in [3.8, 4) is 17.2 Å². The normalized spacial score (nSPS) is 14.6. The van der Waals surface area contributed by atoms with E-state index in [2.05, 4.69) is 42.2 Å². The van der Waals surface area contributed by atoms with E-state index in [9.17, 15) is 38.7 Å². The number of aliphatic hydroxyl groups is 1. The molecule has 7 unspecified atom stereocenters. The van der Waals surface area contributed by atoms with Crippen LogP contribution in [0.1, 0.15) is 130 Å². The maximum Gasteiger partial charge on any atom is 0.407 e. The van der Waals surface area contributed by atoms with E-state index < -0.39 is 107 Å². The lowest BCUT2D eigenvalue weighted by molar-refractivity contribution is -0.139. The Kier molecular flexibility index (Phi) is 22.0. The number of nitrogens with zero attached hydrogens (tertiary/aromatic N) is 2. The Morgan fingerprint density at radius 1 is 0.694 bits per heavy atom. The number of oxazole rings is 1. The summed E-state index contributed by atoms with van der Waals surface area (Å²) in [5, 5.41) is 38.8. The fraction of sp³-hybridized carbons (Fsp3) is 0.540. The molecule has 394 valence electrons. The second-order valence-corrected chi connectivity index (χ2v) is 20.5. The van der Waals surface area contributed by atoms with Gasteiger partial charge in [0.25, 0.3) is 5.91 Å². The number of carbonyl (C=O) groups excluding carboxylic acids is 7. The molecule has 21 nitrogen and oxygen atoms in total. The molecule has 3 aromatic rings. The second kappa shape index (κ2) is 26.6. The molecule has 1 aromatic heterocycles. The summed E-state index contributed by atoms with van der Waals surface area (Å²) in [5.41, 5.74) is -0.625. The van der Waals surface area contributed by atoms with E-state index in [1.165, 1.54) is 20.8 Å². The van der Waals surface area contributed by atoms with Crippen molar-refractivity contribution in [2.24, 2.45) is 0 Å². The number of carbonyl (C=O) groups is 7. The summed E-state index contributed by atoms with van der Waals surface area (Å²) < 4.78 is 21.9. The Bertz CT molecular complexity index is 2370. The molecule has 2 aromatic carbocycles. The quantitative estimate of drug-likeness (QED) is 0.0608. The Morgan fingerprint density at radius 2 is 1.25 bits per heavy atom. The topological polar surface area (TPSA) is 301 Å². The van der Waals surface area contributed by atoms with Crippen molar-refractivity contribution in [1.82, 2.24) is 42.2 Å². The van der Waals surface area contributed by atoms with E-state index in [1.54, 1.807) is 105 Å². The fourth-order valence-electron chi connectivity index (χ4n) is 6.69. The molecular weight excluding hydrogens is 954 g/mol. The molecule has 1 heterocycles. The molecular formula is C50H70ClN9O12. The highest BCUT2D eigenvalue weighted by Gasteiger charge is 2.36. The lowest BCUT2D eigenvalue weighted by atomic mass is 10.0. The first kappa shape index (κ1) is 59.5. The summed E-state index contributed by atoms with van der Waals surface area (Å²) in [7, 11) is 0. The number of ether oxygens (including phenoxy) is 3. The minimum absolute atomic E-state index is 0.0424. The van der Waals surface area contributed by atoms with Gasteiger partial charge in [0.15, 0.2) is 0 Å². The monoisotopic (exact) mass is 1020 g/mol. The molecule has 0 bridgehead atoms. The Hall–Kier alpha value is -6.76. The van der Waals surface area contributed by atoms with Crippen LogP contribution in [0.3, 0.4) is 0 Å². The number of unbranched alkanes of at least 4 members (excludes halogenated alkanes) is 1. The zero-order chi connectivity index (χ0) is 54.1. The number of benzene rings is 2. The molecule has 7 atom stereocenters. The van der Waals surface area contributed by atoms with Gasteiger partial charge in [0.05, 0.1) is 30.5 Å². The number of alkyl carbamates (subject to hydrolysis) is 2. The van der Waals surface area contributed by atoms with Crippen molar-refractivity contribution in [1.29, 1.82) is 5.26 Å². The lowest BCUT2D eigenvalue weighted by Gasteiger charge is -2.32. The van der Waals surface area contributed by atoms with Crippen molar-refractivity contribution < 1.29 is 57.3 Å². The van der Waals surface area contributed by atoms with E-state index in [0.717, 1.165) is 17.3 Å². The number of nitriles is 1.